The van der Waals surface area contributed by atoms with E-state index in [1.807, 2.05) is 24.3 Å². The molecular formula is C24H28N4O3. The van der Waals surface area contributed by atoms with Crippen LogP contribution in [0.2, 0.25) is 0 Å². The van der Waals surface area contributed by atoms with Gasteiger partial charge < -0.3 is 24.2 Å². The fourth-order valence-electron chi connectivity index (χ4n) is 4.05. The third-order valence-corrected chi connectivity index (χ3v) is 5.79. The second-order valence-corrected chi connectivity index (χ2v) is 7.88. The summed E-state index contributed by atoms with van der Waals surface area (Å²) in [5.74, 6) is 2.38. The highest BCUT2D eigenvalue weighted by Gasteiger charge is 2.17. The quantitative estimate of drug-likeness (QED) is 0.590. The molecule has 0 amide bonds. The molecule has 7 heteroatoms. The lowest BCUT2D eigenvalue weighted by atomic mass is 10.1. The van der Waals surface area contributed by atoms with Gasteiger partial charge in [-0.15, -0.1) is 0 Å². The summed E-state index contributed by atoms with van der Waals surface area (Å²) in [5.41, 5.74) is 3.10. The standard InChI is InChI=1S/C24H28N4O3/c1-2-4-20(5-3-1)28-12-10-27(11-13-28)9-8-25-18-21-17-22(26-31-21)19-6-7-23-24(16-19)30-15-14-29-23/h1-7,16-17,25H,8-15,18H2. The van der Waals surface area contributed by atoms with Gasteiger partial charge in [0.25, 0.3) is 0 Å². The molecule has 2 aliphatic heterocycles. The number of piperazine rings is 1. The highest BCUT2D eigenvalue weighted by Crippen LogP contribution is 2.34. The van der Waals surface area contributed by atoms with Gasteiger partial charge in [-0.05, 0) is 30.3 Å². The number of hydrogen-bond donors (Lipinski definition) is 1. The first-order chi connectivity index (χ1) is 15.3. The van der Waals surface area contributed by atoms with Crippen molar-refractivity contribution in [2.75, 3.05) is 57.4 Å². The van der Waals surface area contributed by atoms with Crippen molar-refractivity contribution in [1.29, 1.82) is 0 Å². The minimum absolute atomic E-state index is 0.575. The molecule has 0 saturated carbocycles. The van der Waals surface area contributed by atoms with Crippen molar-refractivity contribution in [3.05, 3.63) is 60.4 Å². The highest BCUT2D eigenvalue weighted by molar-refractivity contribution is 5.64. The second kappa shape index (κ2) is 9.41. The largest absolute Gasteiger partial charge is 0.486 e. The number of anilines is 1. The first kappa shape index (κ1) is 19.9. The maximum absolute atomic E-state index is 5.66. The van der Waals surface area contributed by atoms with Crippen LogP contribution in [0.3, 0.4) is 0 Å². The van der Waals surface area contributed by atoms with Crippen LogP contribution < -0.4 is 19.7 Å². The highest BCUT2D eigenvalue weighted by atomic mass is 16.6. The summed E-state index contributed by atoms with van der Waals surface area (Å²) in [4.78, 5) is 4.96. The van der Waals surface area contributed by atoms with Gasteiger partial charge in [-0.2, -0.15) is 0 Å². The molecule has 162 valence electrons. The molecule has 0 aliphatic carbocycles. The van der Waals surface area contributed by atoms with E-state index in [9.17, 15) is 0 Å². The fourth-order valence-corrected chi connectivity index (χ4v) is 4.05. The van der Waals surface area contributed by atoms with Crippen LogP contribution in [0.1, 0.15) is 5.76 Å². The van der Waals surface area contributed by atoms with E-state index in [0.29, 0.717) is 19.8 Å². The average Bonchev–Trinajstić information content (AvgIpc) is 3.31. The molecular weight excluding hydrogens is 392 g/mol. The molecule has 5 rings (SSSR count). The minimum atomic E-state index is 0.575. The number of nitrogens with one attached hydrogen (secondary N) is 1. The third kappa shape index (κ3) is 4.84. The number of hydrogen-bond acceptors (Lipinski definition) is 7. The first-order valence-corrected chi connectivity index (χ1v) is 10.9. The van der Waals surface area contributed by atoms with Gasteiger partial charge in [-0.3, -0.25) is 4.90 Å². The Morgan fingerprint density at radius 3 is 2.52 bits per heavy atom. The zero-order valence-electron chi connectivity index (χ0n) is 17.6. The molecule has 0 unspecified atom stereocenters. The van der Waals surface area contributed by atoms with Crippen molar-refractivity contribution in [3.63, 3.8) is 0 Å². The van der Waals surface area contributed by atoms with E-state index in [-0.39, 0.29) is 0 Å². The number of nitrogens with zero attached hydrogens (tertiary/aromatic N) is 3. The van der Waals surface area contributed by atoms with Crippen molar-refractivity contribution >= 4 is 5.69 Å². The zero-order valence-corrected chi connectivity index (χ0v) is 17.6. The zero-order chi connectivity index (χ0) is 20.9. The number of para-hydroxylation sites is 1. The van der Waals surface area contributed by atoms with Crippen LogP contribution in [-0.2, 0) is 6.54 Å². The van der Waals surface area contributed by atoms with Crippen LogP contribution in [0.5, 0.6) is 11.5 Å². The molecule has 3 aromatic rings. The minimum Gasteiger partial charge on any atom is -0.486 e. The maximum atomic E-state index is 5.66. The summed E-state index contributed by atoms with van der Waals surface area (Å²) in [6.45, 7) is 8.12. The van der Waals surface area contributed by atoms with Crippen LogP contribution >= 0.6 is 0 Å². The first-order valence-electron chi connectivity index (χ1n) is 10.9. The van der Waals surface area contributed by atoms with Crippen molar-refractivity contribution < 1.29 is 14.0 Å². The van der Waals surface area contributed by atoms with Gasteiger partial charge in [-0.1, -0.05) is 23.4 Å². The van der Waals surface area contributed by atoms with Gasteiger partial charge >= 0.3 is 0 Å². The van der Waals surface area contributed by atoms with Crippen molar-refractivity contribution in [2.45, 2.75) is 6.54 Å². The Kier molecular flexibility index (Phi) is 6.04. The number of benzene rings is 2. The molecule has 0 spiro atoms. The molecule has 0 bridgehead atoms. The lowest BCUT2D eigenvalue weighted by Crippen LogP contribution is -2.48. The molecule has 31 heavy (non-hydrogen) atoms. The van der Waals surface area contributed by atoms with Crippen LogP contribution in [-0.4, -0.2) is 62.5 Å². The monoisotopic (exact) mass is 420 g/mol. The Morgan fingerprint density at radius 2 is 1.68 bits per heavy atom. The van der Waals surface area contributed by atoms with Gasteiger partial charge in [0.1, 0.15) is 18.9 Å². The van der Waals surface area contributed by atoms with Crippen molar-refractivity contribution in [2.24, 2.45) is 0 Å². The number of rotatable bonds is 7. The summed E-state index contributed by atoms with van der Waals surface area (Å²) in [6, 6.07) is 18.5. The van der Waals surface area contributed by atoms with Crippen LogP contribution in [0.25, 0.3) is 11.3 Å². The normalized spacial score (nSPS) is 16.5. The molecule has 1 fully saturated rings. The Labute approximate surface area is 182 Å². The summed E-state index contributed by atoms with van der Waals surface area (Å²) in [7, 11) is 0. The van der Waals surface area contributed by atoms with Crippen LogP contribution in [0.4, 0.5) is 5.69 Å². The van der Waals surface area contributed by atoms with Gasteiger partial charge in [0, 0.05) is 56.6 Å². The summed E-state index contributed by atoms with van der Waals surface area (Å²) in [5, 5.41) is 7.69. The van der Waals surface area contributed by atoms with Gasteiger partial charge in [0.05, 0.1) is 6.54 Å². The summed E-state index contributed by atoms with van der Waals surface area (Å²) in [6.07, 6.45) is 0. The van der Waals surface area contributed by atoms with E-state index in [1.54, 1.807) is 0 Å². The van der Waals surface area contributed by atoms with Crippen LogP contribution in [0, 0.1) is 0 Å². The number of aromatic nitrogens is 1. The van der Waals surface area contributed by atoms with E-state index < -0.39 is 0 Å². The Bertz CT molecular complexity index is 983. The molecule has 2 aliphatic rings. The Hall–Kier alpha value is -3.03. The molecule has 0 atom stereocenters. The van der Waals surface area contributed by atoms with E-state index >= 15 is 0 Å². The predicted molar refractivity (Wildman–Crippen MR) is 120 cm³/mol. The molecule has 2 aromatic carbocycles. The van der Waals surface area contributed by atoms with E-state index in [4.69, 9.17) is 14.0 Å². The lowest BCUT2D eigenvalue weighted by molar-refractivity contribution is 0.171. The smallest absolute Gasteiger partial charge is 0.162 e. The predicted octanol–water partition coefficient (Wildman–Crippen LogP) is 3.02. The molecule has 3 heterocycles. The maximum Gasteiger partial charge on any atom is 0.162 e. The summed E-state index contributed by atoms with van der Waals surface area (Å²) < 4.78 is 16.7. The number of ether oxygens (including phenoxy) is 2. The van der Waals surface area contributed by atoms with E-state index in [1.165, 1.54) is 5.69 Å². The van der Waals surface area contributed by atoms with Gasteiger partial charge in [-0.25, -0.2) is 0 Å². The van der Waals surface area contributed by atoms with Crippen LogP contribution in [0.15, 0.2) is 59.1 Å². The van der Waals surface area contributed by atoms with Crippen molar-refractivity contribution in [1.82, 2.24) is 15.4 Å². The Balaban J connectivity index is 1.06. The van der Waals surface area contributed by atoms with Gasteiger partial charge in [0.15, 0.2) is 17.3 Å². The Morgan fingerprint density at radius 1 is 0.871 bits per heavy atom. The average molecular weight is 421 g/mol. The molecule has 7 nitrogen and oxygen atoms in total. The third-order valence-electron chi connectivity index (χ3n) is 5.79. The van der Waals surface area contributed by atoms with E-state index in [0.717, 1.165) is 67.8 Å². The molecule has 0 radical (unpaired) electrons. The topological polar surface area (TPSA) is 63.0 Å². The fraction of sp³-hybridized carbons (Fsp3) is 0.375. The summed E-state index contributed by atoms with van der Waals surface area (Å²) >= 11 is 0. The molecule has 1 aromatic heterocycles. The number of fused-ring (bicyclic) bond motifs is 1. The SMILES string of the molecule is c1ccc(N2CCN(CCNCc3cc(-c4ccc5c(c4)OCCO5)no3)CC2)cc1. The molecule has 1 N–H and O–H groups in total. The molecule has 1 saturated heterocycles. The van der Waals surface area contributed by atoms with E-state index in [2.05, 4.69) is 50.6 Å². The lowest BCUT2D eigenvalue weighted by Gasteiger charge is -2.36. The van der Waals surface area contributed by atoms with Crippen molar-refractivity contribution in [3.8, 4) is 22.8 Å². The second-order valence-electron chi connectivity index (χ2n) is 7.88. The van der Waals surface area contributed by atoms with Gasteiger partial charge in [0.2, 0.25) is 0 Å².